The molecule has 0 fully saturated rings. The second kappa shape index (κ2) is 5.41. The van der Waals surface area contributed by atoms with Crippen LogP contribution < -0.4 is 5.32 Å². The minimum Gasteiger partial charge on any atom is -0.313 e. The number of aryl methyl sites for hydroxylation is 2. The highest BCUT2D eigenvalue weighted by molar-refractivity contribution is 5.66. The van der Waals surface area contributed by atoms with Crippen LogP contribution in [0, 0.1) is 6.92 Å². The number of aromatic nitrogens is 2. The summed E-state index contributed by atoms with van der Waals surface area (Å²) in [5.74, 6) is 0. The van der Waals surface area contributed by atoms with Gasteiger partial charge in [0, 0.05) is 23.7 Å². The van der Waals surface area contributed by atoms with Crippen LogP contribution in [-0.2, 0) is 13.0 Å². The van der Waals surface area contributed by atoms with E-state index < -0.39 is 0 Å². The largest absolute Gasteiger partial charge is 0.313 e. The molecule has 0 aliphatic carbocycles. The molecule has 0 radical (unpaired) electrons. The molecule has 0 spiro atoms. The Labute approximate surface area is 121 Å². The lowest BCUT2D eigenvalue weighted by Gasteiger charge is -2.13. The molecule has 1 aromatic carbocycles. The number of nitrogens with zero attached hydrogens (tertiary/aromatic N) is 2. The zero-order valence-electron chi connectivity index (χ0n) is 12.6. The van der Waals surface area contributed by atoms with Crippen molar-refractivity contribution < 1.29 is 0 Å². The third-order valence-corrected chi connectivity index (χ3v) is 3.94. The number of benzene rings is 1. The maximum atomic E-state index is 4.89. The van der Waals surface area contributed by atoms with Crippen LogP contribution in [0.25, 0.3) is 11.3 Å². The fraction of sp³-hybridized carbons (Fsp3) is 0.471. The van der Waals surface area contributed by atoms with Crippen molar-refractivity contribution in [2.45, 2.75) is 46.2 Å². The summed E-state index contributed by atoms with van der Waals surface area (Å²) in [7, 11) is 0. The van der Waals surface area contributed by atoms with E-state index in [1.807, 2.05) is 0 Å². The van der Waals surface area contributed by atoms with Crippen LogP contribution in [0.15, 0.2) is 24.3 Å². The summed E-state index contributed by atoms with van der Waals surface area (Å²) in [6.07, 6.45) is 2.26. The molecule has 1 aromatic heterocycles. The zero-order chi connectivity index (χ0) is 14.1. The predicted molar refractivity (Wildman–Crippen MR) is 82.8 cm³/mol. The molecule has 0 amide bonds. The number of rotatable bonds is 2. The molecule has 1 N–H and O–H groups in total. The molecule has 3 rings (SSSR count). The van der Waals surface area contributed by atoms with Gasteiger partial charge in [-0.2, -0.15) is 5.10 Å². The van der Waals surface area contributed by atoms with Crippen LogP contribution >= 0.6 is 0 Å². The lowest BCUT2D eigenvalue weighted by molar-refractivity contribution is 0.528. The van der Waals surface area contributed by atoms with Crippen LogP contribution in [-0.4, -0.2) is 16.3 Å². The predicted octanol–water partition coefficient (Wildman–Crippen LogP) is 3.48. The Morgan fingerprint density at radius 1 is 1.30 bits per heavy atom. The van der Waals surface area contributed by atoms with Gasteiger partial charge in [-0.1, -0.05) is 23.8 Å². The van der Waals surface area contributed by atoms with E-state index in [0.717, 1.165) is 19.5 Å². The minimum atomic E-state index is 0.387. The van der Waals surface area contributed by atoms with Crippen LogP contribution in [0.1, 0.15) is 43.1 Å². The van der Waals surface area contributed by atoms with E-state index in [-0.39, 0.29) is 0 Å². The topological polar surface area (TPSA) is 29.9 Å². The summed E-state index contributed by atoms with van der Waals surface area (Å²) in [6.45, 7) is 8.59. The van der Waals surface area contributed by atoms with Gasteiger partial charge in [-0.3, -0.25) is 4.68 Å². The third kappa shape index (κ3) is 2.38. The first-order chi connectivity index (χ1) is 9.66. The molecule has 1 aliphatic rings. The molecule has 3 heteroatoms. The highest BCUT2D eigenvalue weighted by Gasteiger charge is 2.21. The summed E-state index contributed by atoms with van der Waals surface area (Å²) in [5.41, 5.74) is 6.56. The summed E-state index contributed by atoms with van der Waals surface area (Å²) in [4.78, 5) is 0. The molecule has 20 heavy (non-hydrogen) atoms. The molecule has 2 aromatic rings. The summed E-state index contributed by atoms with van der Waals surface area (Å²) >= 11 is 0. The highest BCUT2D eigenvalue weighted by atomic mass is 15.3. The molecule has 0 unspecified atom stereocenters. The Balaban J connectivity index is 2.19. The van der Waals surface area contributed by atoms with E-state index >= 15 is 0 Å². The quantitative estimate of drug-likeness (QED) is 0.904. The van der Waals surface area contributed by atoms with Crippen molar-refractivity contribution in [2.75, 3.05) is 6.54 Å². The van der Waals surface area contributed by atoms with E-state index in [1.165, 1.54) is 34.5 Å². The molecular weight excluding hydrogens is 246 g/mol. The smallest absolute Gasteiger partial charge is 0.0733 e. The molecule has 2 heterocycles. The molecule has 106 valence electrons. The number of nitrogens with one attached hydrogen (secondary N) is 1. The Morgan fingerprint density at radius 3 is 2.90 bits per heavy atom. The van der Waals surface area contributed by atoms with Gasteiger partial charge in [0.1, 0.15) is 0 Å². The summed E-state index contributed by atoms with van der Waals surface area (Å²) in [6, 6.07) is 9.14. The first kappa shape index (κ1) is 13.4. The fourth-order valence-corrected chi connectivity index (χ4v) is 2.97. The van der Waals surface area contributed by atoms with Crippen molar-refractivity contribution >= 4 is 0 Å². The summed E-state index contributed by atoms with van der Waals surface area (Å²) < 4.78 is 2.20. The van der Waals surface area contributed by atoms with Crippen molar-refractivity contribution in [1.29, 1.82) is 0 Å². The van der Waals surface area contributed by atoms with E-state index in [2.05, 4.69) is 55.0 Å². The van der Waals surface area contributed by atoms with Gasteiger partial charge in [0.2, 0.25) is 0 Å². The number of hydrogen-bond acceptors (Lipinski definition) is 2. The Morgan fingerprint density at radius 2 is 2.15 bits per heavy atom. The van der Waals surface area contributed by atoms with Gasteiger partial charge in [-0.15, -0.1) is 0 Å². The van der Waals surface area contributed by atoms with E-state index in [1.54, 1.807) is 0 Å². The van der Waals surface area contributed by atoms with Crippen LogP contribution in [0.2, 0.25) is 0 Å². The van der Waals surface area contributed by atoms with E-state index in [0.29, 0.717) is 6.04 Å². The second-order valence-electron chi connectivity index (χ2n) is 5.96. The van der Waals surface area contributed by atoms with Gasteiger partial charge in [-0.05, 0) is 46.2 Å². The maximum absolute atomic E-state index is 4.89. The van der Waals surface area contributed by atoms with Gasteiger partial charge in [0.05, 0.1) is 11.4 Å². The number of fused-ring (bicyclic) bond motifs is 1. The Kier molecular flexibility index (Phi) is 3.62. The lowest BCUT2D eigenvalue weighted by Crippen LogP contribution is -2.14. The molecular formula is C17H23N3. The molecule has 0 atom stereocenters. The summed E-state index contributed by atoms with van der Waals surface area (Å²) in [5, 5.41) is 8.42. The third-order valence-electron chi connectivity index (χ3n) is 3.94. The minimum absolute atomic E-state index is 0.387. The van der Waals surface area contributed by atoms with Crippen LogP contribution in [0.3, 0.4) is 0 Å². The first-order valence-corrected chi connectivity index (χ1v) is 7.55. The molecule has 0 saturated heterocycles. The van der Waals surface area contributed by atoms with Crippen molar-refractivity contribution in [3.63, 3.8) is 0 Å². The van der Waals surface area contributed by atoms with Gasteiger partial charge >= 0.3 is 0 Å². The molecule has 0 bridgehead atoms. The average molecular weight is 269 g/mol. The lowest BCUT2D eigenvalue weighted by atomic mass is 10.0. The van der Waals surface area contributed by atoms with E-state index in [9.17, 15) is 0 Å². The molecule has 1 aliphatic heterocycles. The monoisotopic (exact) mass is 269 g/mol. The maximum Gasteiger partial charge on any atom is 0.0733 e. The second-order valence-corrected chi connectivity index (χ2v) is 5.96. The first-order valence-electron chi connectivity index (χ1n) is 7.55. The standard InChI is InChI=1S/C17H23N3/c1-12(2)20-17(14-7-4-6-13(3)10-14)15-11-18-9-5-8-16(15)19-20/h4,6-7,10,12,18H,5,8-9,11H2,1-3H3. The van der Waals surface area contributed by atoms with Gasteiger partial charge in [-0.25, -0.2) is 0 Å². The van der Waals surface area contributed by atoms with Gasteiger partial charge in [0.25, 0.3) is 0 Å². The highest BCUT2D eigenvalue weighted by Crippen LogP contribution is 2.31. The fourth-order valence-electron chi connectivity index (χ4n) is 2.97. The SMILES string of the molecule is Cc1cccc(-c2c3c(nn2C(C)C)CCCNC3)c1. The van der Waals surface area contributed by atoms with Crippen molar-refractivity contribution in [3.8, 4) is 11.3 Å². The van der Waals surface area contributed by atoms with Crippen molar-refractivity contribution in [1.82, 2.24) is 15.1 Å². The Hall–Kier alpha value is -1.61. The Bertz CT molecular complexity index is 611. The average Bonchev–Trinajstić information content (AvgIpc) is 2.63. The zero-order valence-corrected chi connectivity index (χ0v) is 12.6. The normalized spacial score (nSPS) is 15.2. The van der Waals surface area contributed by atoms with Gasteiger partial charge < -0.3 is 5.32 Å². The van der Waals surface area contributed by atoms with Crippen molar-refractivity contribution in [3.05, 3.63) is 41.1 Å². The molecule has 0 saturated carbocycles. The molecule has 3 nitrogen and oxygen atoms in total. The van der Waals surface area contributed by atoms with Gasteiger partial charge in [0.15, 0.2) is 0 Å². The van der Waals surface area contributed by atoms with E-state index in [4.69, 9.17) is 5.10 Å². The van der Waals surface area contributed by atoms with Crippen LogP contribution in [0.4, 0.5) is 0 Å². The van der Waals surface area contributed by atoms with Crippen LogP contribution in [0.5, 0.6) is 0 Å². The van der Waals surface area contributed by atoms with Crippen molar-refractivity contribution in [2.24, 2.45) is 0 Å². The number of hydrogen-bond donors (Lipinski definition) is 1.